The van der Waals surface area contributed by atoms with Crippen LogP contribution in [0.25, 0.3) is 0 Å². The first-order valence-electron chi connectivity index (χ1n) is 7.91. The van der Waals surface area contributed by atoms with Crippen LogP contribution in [0.1, 0.15) is 19.3 Å². The Balaban J connectivity index is 1.53. The van der Waals surface area contributed by atoms with E-state index in [4.69, 9.17) is 11.6 Å². The Morgan fingerprint density at radius 2 is 2.33 bits per heavy atom. The number of aliphatic imine (C=N–C) groups is 1. The number of nitrogens with one attached hydrogen (secondary N) is 1. The van der Waals surface area contributed by atoms with Gasteiger partial charge < -0.3 is 0 Å². The average Bonchev–Trinajstić information content (AvgIpc) is 2.93. The molecular weight excluding hydrogens is 395 g/mol. The van der Waals surface area contributed by atoms with E-state index in [1.807, 2.05) is 0 Å². The van der Waals surface area contributed by atoms with Crippen LogP contribution >= 0.6 is 11.6 Å². The first kappa shape index (κ1) is 14.5. The topological polar surface area (TPSA) is 24.4 Å². The van der Waals surface area contributed by atoms with Gasteiger partial charge in [-0.15, -0.1) is 0 Å². The number of halogens is 2. The van der Waals surface area contributed by atoms with Gasteiger partial charge >= 0.3 is 142 Å². The van der Waals surface area contributed by atoms with Crippen molar-refractivity contribution in [3.05, 3.63) is 33.5 Å². The van der Waals surface area contributed by atoms with Crippen LogP contribution in [0.4, 0.5) is 0 Å². The second-order valence-electron chi connectivity index (χ2n) is 6.33. The normalized spacial score (nSPS) is 41.5. The molecule has 5 unspecified atom stereocenters. The summed E-state index contributed by atoms with van der Waals surface area (Å²) in [5.74, 6) is 1.20. The van der Waals surface area contributed by atoms with E-state index in [2.05, 4.69) is 40.8 Å². The van der Waals surface area contributed by atoms with E-state index in [0.29, 0.717) is 17.9 Å². The summed E-state index contributed by atoms with van der Waals surface area (Å²) in [5, 5.41) is 3.72. The molecule has 2 nitrogen and oxygen atoms in total. The summed E-state index contributed by atoms with van der Waals surface area (Å²) in [5.41, 5.74) is 1.54. The predicted molar refractivity (Wildman–Crippen MR) is 84.7 cm³/mol. The summed E-state index contributed by atoms with van der Waals surface area (Å²) >= 11 is 6.44. The summed E-state index contributed by atoms with van der Waals surface area (Å²) in [4.78, 5) is 4.64. The summed E-state index contributed by atoms with van der Waals surface area (Å²) < 4.78 is 2.59. The second kappa shape index (κ2) is 6.17. The zero-order chi connectivity index (χ0) is 14.2. The first-order chi connectivity index (χ1) is 10.3. The molecule has 1 saturated heterocycles. The molecule has 114 valence electrons. The predicted octanol–water partition coefficient (Wildman–Crippen LogP) is -0.0960. The molecule has 0 aromatic rings. The van der Waals surface area contributed by atoms with Crippen molar-refractivity contribution in [3.63, 3.8) is 0 Å². The minimum absolute atomic E-state index is 0.116. The third-order valence-corrected chi connectivity index (χ3v) is 8.72. The van der Waals surface area contributed by atoms with Gasteiger partial charge in [-0.25, -0.2) is 0 Å². The van der Waals surface area contributed by atoms with E-state index in [9.17, 15) is 0 Å². The molecule has 0 bridgehead atoms. The summed E-state index contributed by atoms with van der Waals surface area (Å²) in [6.07, 6.45) is 15.1. The summed E-state index contributed by atoms with van der Waals surface area (Å²) in [6, 6.07) is 0.494. The minimum atomic E-state index is 0.116. The molecule has 2 heterocycles. The Bertz CT molecular complexity index is 531. The van der Waals surface area contributed by atoms with Gasteiger partial charge in [-0.1, -0.05) is 0 Å². The van der Waals surface area contributed by atoms with Gasteiger partial charge in [0.1, 0.15) is 0 Å². The van der Waals surface area contributed by atoms with Crippen LogP contribution in [-0.2, 0) is 0 Å². The van der Waals surface area contributed by atoms with Crippen LogP contribution < -0.4 is 26.5 Å². The number of hydrogen-bond donors (Lipinski definition) is 1. The molecule has 21 heavy (non-hydrogen) atoms. The Kier molecular flexibility index (Phi) is 4.25. The maximum atomic E-state index is 6.32. The van der Waals surface area contributed by atoms with Gasteiger partial charge in [-0.05, 0) is 0 Å². The molecule has 0 saturated carbocycles. The quantitative estimate of drug-likeness (QED) is 0.389. The van der Waals surface area contributed by atoms with Crippen molar-refractivity contribution < 1.29 is 21.2 Å². The number of allylic oxidation sites excluding steroid dienone is 4. The number of hydrogen-bond acceptors (Lipinski definition) is 2. The molecule has 4 rings (SSSR count). The Hall–Kier alpha value is -0.130. The van der Waals surface area contributed by atoms with Crippen molar-refractivity contribution in [3.8, 4) is 0 Å². The van der Waals surface area contributed by atoms with Gasteiger partial charge in [-0.2, -0.15) is 0 Å². The van der Waals surface area contributed by atoms with Crippen LogP contribution in [0, 0.1) is 11.8 Å². The number of fused-ring (bicyclic) bond motifs is 1. The number of rotatable bonds is 3. The third-order valence-electron chi connectivity index (χ3n) is 4.78. The zero-order valence-corrected chi connectivity index (χ0v) is 14.9. The van der Waals surface area contributed by atoms with Gasteiger partial charge in [0.15, 0.2) is 0 Å². The Morgan fingerprint density at radius 1 is 1.38 bits per heavy atom. The summed E-state index contributed by atoms with van der Waals surface area (Å²) in [6.45, 7) is 2.43. The van der Waals surface area contributed by atoms with Crippen LogP contribution in [0.15, 0.2) is 38.4 Å². The van der Waals surface area contributed by atoms with Crippen molar-refractivity contribution in [1.82, 2.24) is 5.32 Å². The molecule has 2 aliphatic carbocycles. The van der Waals surface area contributed by atoms with Gasteiger partial charge in [0.25, 0.3) is 0 Å². The third kappa shape index (κ3) is 3.02. The fraction of sp³-hybridized carbons (Fsp3) is 0.588. The monoisotopic (exact) mass is 415 g/mol. The van der Waals surface area contributed by atoms with Gasteiger partial charge in [0, 0.05) is 0 Å². The Labute approximate surface area is 142 Å². The summed E-state index contributed by atoms with van der Waals surface area (Å²) in [7, 11) is 0. The molecule has 0 amide bonds. The maximum absolute atomic E-state index is 6.32. The molecule has 5 atom stereocenters. The molecule has 0 aromatic heterocycles. The molecular formula is C17H21ClIN2-. The van der Waals surface area contributed by atoms with E-state index in [1.54, 1.807) is 3.58 Å². The van der Waals surface area contributed by atoms with Crippen molar-refractivity contribution in [2.45, 2.75) is 34.6 Å². The van der Waals surface area contributed by atoms with Crippen molar-refractivity contribution in [1.29, 1.82) is 0 Å². The van der Waals surface area contributed by atoms with E-state index < -0.39 is 0 Å². The van der Waals surface area contributed by atoms with Gasteiger partial charge in [0.05, 0.1) is 0 Å². The second-order valence-corrected chi connectivity index (χ2v) is 10.5. The first-order valence-corrected chi connectivity index (χ1v) is 10.7. The molecule has 0 aromatic carbocycles. The zero-order valence-electron chi connectivity index (χ0n) is 12.0. The van der Waals surface area contributed by atoms with Crippen molar-refractivity contribution in [2.75, 3.05) is 13.1 Å². The van der Waals surface area contributed by atoms with E-state index >= 15 is 0 Å². The average molecular weight is 416 g/mol. The van der Waals surface area contributed by atoms with E-state index in [1.165, 1.54) is 25.1 Å². The fourth-order valence-electron chi connectivity index (χ4n) is 3.53. The van der Waals surface area contributed by atoms with Crippen LogP contribution in [0.5, 0.6) is 0 Å². The van der Waals surface area contributed by atoms with E-state index in [-0.39, 0.29) is 26.6 Å². The molecule has 1 N–H and O–H groups in total. The molecule has 2 aliphatic heterocycles. The SMILES string of the molecule is ClC1C=CCC(C2=CC3C=NC3C([I-]C3CCNC3)=C2)C1. The van der Waals surface area contributed by atoms with Crippen LogP contribution in [0.2, 0.25) is 0 Å². The Morgan fingerprint density at radius 3 is 3.05 bits per heavy atom. The molecule has 4 aliphatic rings. The standard InChI is InChI=1S/C17H21ClIN2/c18-14-3-1-2-11(7-14)12-6-13-9-21-17(13)16(8-12)19-15-4-5-20-10-15/h1,3,6,8-9,11,13-15,17,20H,2,4-5,7,10H2/q-1. The number of nitrogens with zero attached hydrogens (tertiary/aromatic N) is 1. The van der Waals surface area contributed by atoms with Crippen LogP contribution in [-0.4, -0.2) is 34.6 Å². The molecule has 4 heteroatoms. The van der Waals surface area contributed by atoms with Gasteiger partial charge in [-0.3, -0.25) is 0 Å². The van der Waals surface area contributed by atoms with Crippen LogP contribution in [0.3, 0.4) is 0 Å². The molecule has 1 fully saturated rings. The van der Waals surface area contributed by atoms with Gasteiger partial charge in [0.2, 0.25) is 0 Å². The molecule has 0 spiro atoms. The molecule has 0 radical (unpaired) electrons. The van der Waals surface area contributed by atoms with Crippen molar-refractivity contribution in [2.24, 2.45) is 16.8 Å². The van der Waals surface area contributed by atoms with E-state index in [0.717, 1.165) is 16.8 Å². The van der Waals surface area contributed by atoms with Crippen molar-refractivity contribution >= 4 is 17.8 Å². The fourth-order valence-corrected chi connectivity index (χ4v) is 7.50. The number of alkyl halides is 2.